The Labute approximate surface area is 143 Å². The number of nitrogens with zero attached hydrogens (tertiary/aromatic N) is 1. The molecule has 2 aromatic carbocycles. The van der Waals surface area contributed by atoms with Crippen molar-refractivity contribution in [2.24, 2.45) is 0 Å². The minimum Gasteiger partial charge on any atom is -0.484 e. The highest BCUT2D eigenvalue weighted by molar-refractivity contribution is 7.18. The Morgan fingerprint density at radius 1 is 1.22 bits per heavy atom. The van der Waals surface area contributed by atoms with Crippen molar-refractivity contribution >= 4 is 39.1 Å². The van der Waals surface area contributed by atoms with Gasteiger partial charge in [0.25, 0.3) is 5.91 Å². The number of carbonyl (C=O) groups is 1. The molecule has 118 valence electrons. The Kier molecular flexibility index (Phi) is 5.10. The average molecular weight is 347 g/mol. The van der Waals surface area contributed by atoms with Crippen molar-refractivity contribution in [1.29, 1.82) is 0 Å². The van der Waals surface area contributed by atoms with Crippen LogP contribution in [0, 0.1) is 0 Å². The van der Waals surface area contributed by atoms with E-state index >= 15 is 0 Å². The first-order chi connectivity index (χ1) is 11.2. The summed E-state index contributed by atoms with van der Waals surface area (Å²) in [5.41, 5.74) is 1.00. The van der Waals surface area contributed by atoms with Crippen molar-refractivity contribution in [3.63, 3.8) is 0 Å². The molecule has 0 radical (unpaired) electrons. The minimum absolute atomic E-state index is 0.0276. The highest BCUT2D eigenvalue weighted by Gasteiger charge is 2.06. The lowest BCUT2D eigenvalue weighted by atomic mass is 10.3. The quantitative estimate of drug-likeness (QED) is 0.740. The third-order valence-electron chi connectivity index (χ3n) is 3.17. The second-order valence-electron chi connectivity index (χ2n) is 4.92. The van der Waals surface area contributed by atoms with Crippen LogP contribution in [0.5, 0.6) is 5.75 Å². The summed E-state index contributed by atoms with van der Waals surface area (Å²) >= 11 is 7.51. The smallest absolute Gasteiger partial charge is 0.257 e. The number of carbonyl (C=O) groups excluding carboxylic acids is 1. The molecule has 1 aromatic heterocycles. The van der Waals surface area contributed by atoms with Gasteiger partial charge in [0.15, 0.2) is 6.61 Å². The number of thiazole rings is 1. The van der Waals surface area contributed by atoms with Crippen molar-refractivity contribution < 1.29 is 9.53 Å². The number of amides is 1. The number of nitrogens with one attached hydrogen (secondary N) is 1. The summed E-state index contributed by atoms with van der Waals surface area (Å²) in [6, 6.07) is 15.0. The van der Waals surface area contributed by atoms with Gasteiger partial charge in [0.05, 0.1) is 15.2 Å². The zero-order chi connectivity index (χ0) is 16.1. The third kappa shape index (κ3) is 4.43. The van der Waals surface area contributed by atoms with Crippen molar-refractivity contribution in [1.82, 2.24) is 10.3 Å². The summed E-state index contributed by atoms with van der Waals surface area (Å²) < 4.78 is 6.55. The van der Waals surface area contributed by atoms with Gasteiger partial charge in [-0.2, -0.15) is 0 Å². The first-order valence-corrected chi connectivity index (χ1v) is 8.40. The van der Waals surface area contributed by atoms with E-state index in [1.54, 1.807) is 35.6 Å². The predicted octanol–water partition coefficient (Wildman–Crippen LogP) is 3.69. The van der Waals surface area contributed by atoms with Crippen LogP contribution in [0.15, 0.2) is 48.5 Å². The van der Waals surface area contributed by atoms with Gasteiger partial charge in [0.2, 0.25) is 0 Å². The van der Waals surface area contributed by atoms with Gasteiger partial charge in [-0.25, -0.2) is 4.98 Å². The molecule has 0 saturated heterocycles. The molecule has 6 heteroatoms. The van der Waals surface area contributed by atoms with Gasteiger partial charge in [-0.1, -0.05) is 29.8 Å². The second-order valence-corrected chi connectivity index (χ2v) is 6.47. The molecular formula is C17H15ClN2O2S. The predicted molar refractivity (Wildman–Crippen MR) is 93.3 cm³/mol. The molecule has 0 spiro atoms. The number of hydrogen-bond acceptors (Lipinski definition) is 4. The molecule has 1 N–H and O–H groups in total. The maximum absolute atomic E-state index is 11.8. The number of ether oxygens (including phenoxy) is 1. The highest BCUT2D eigenvalue weighted by Crippen LogP contribution is 2.21. The molecule has 23 heavy (non-hydrogen) atoms. The average Bonchev–Trinajstić information content (AvgIpc) is 2.96. The molecule has 0 aliphatic rings. The minimum atomic E-state index is -0.161. The lowest BCUT2D eigenvalue weighted by Crippen LogP contribution is -2.30. The second kappa shape index (κ2) is 7.44. The van der Waals surface area contributed by atoms with Crippen LogP contribution in [-0.2, 0) is 11.2 Å². The molecule has 1 amide bonds. The van der Waals surface area contributed by atoms with Gasteiger partial charge in [-0.15, -0.1) is 11.3 Å². The molecule has 0 aliphatic carbocycles. The molecule has 3 aromatic rings. The van der Waals surface area contributed by atoms with Gasteiger partial charge in [-0.3, -0.25) is 4.79 Å². The molecule has 0 saturated carbocycles. The van der Waals surface area contributed by atoms with E-state index in [1.807, 2.05) is 24.3 Å². The topological polar surface area (TPSA) is 51.2 Å². The molecule has 0 bridgehead atoms. The normalized spacial score (nSPS) is 10.7. The summed E-state index contributed by atoms with van der Waals surface area (Å²) in [6.07, 6.45) is 0.711. The summed E-state index contributed by atoms with van der Waals surface area (Å²) in [5.74, 6) is 0.421. The van der Waals surface area contributed by atoms with Crippen molar-refractivity contribution in [3.05, 3.63) is 58.6 Å². The fraction of sp³-hybridized carbons (Fsp3) is 0.176. The number of rotatable bonds is 6. The fourth-order valence-electron chi connectivity index (χ4n) is 2.09. The third-order valence-corrected chi connectivity index (χ3v) is 4.50. The fourth-order valence-corrected chi connectivity index (χ4v) is 3.24. The van der Waals surface area contributed by atoms with E-state index in [0.29, 0.717) is 23.7 Å². The Morgan fingerprint density at radius 3 is 2.91 bits per heavy atom. The first kappa shape index (κ1) is 15.8. The van der Waals surface area contributed by atoms with Crippen LogP contribution in [0.1, 0.15) is 5.01 Å². The number of fused-ring (bicyclic) bond motifs is 1. The number of benzene rings is 2. The van der Waals surface area contributed by atoms with Gasteiger partial charge >= 0.3 is 0 Å². The number of halogens is 1. The zero-order valence-corrected chi connectivity index (χ0v) is 13.9. The molecular weight excluding hydrogens is 332 g/mol. The van der Waals surface area contributed by atoms with Crippen molar-refractivity contribution in [2.75, 3.05) is 13.2 Å². The van der Waals surface area contributed by atoms with Crippen LogP contribution in [-0.4, -0.2) is 24.0 Å². The van der Waals surface area contributed by atoms with E-state index in [2.05, 4.69) is 10.3 Å². The van der Waals surface area contributed by atoms with E-state index in [4.69, 9.17) is 16.3 Å². The Morgan fingerprint density at radius 2 is 2.09 bits per heavy atom. The summed E-state index contributed by atoms with van der Waals surface area (Å²) in [5, 5.41) is 4.43. The summed E-state index contributed by atoms with van der Waals surface area (Å²) in [4.78, 5) is 16.3. The first-order valence-electron chi connectivity index (χ1n) is 7.20. The maximum Gasteiger partial charge on any atom is 0.257 e. The van der Waals surface area contributed by atoms with E-state index in [9.17, 15) is 4.79 Å². The largest absolute Gasteiger partial charge is 0.484 e. The van der Waals surface area contributed by atoms with Crippen LogP contribution >= 0.6 is 22.9 Å². The molecule has 0 fully saturated rings. The SMILES string of the molecule is O=C(COc1cccc(Cl)c1)NCCc1nc2ccccc2s1. The lowest BCUT2D eigenvalue weighted by Gasteiger charge is -2.07. The molecule has 4 nitrogen and oxygen atoms in total. The number of hydrogen-bond donors (Lipinski definition) is 1. The van der Waals surface area contributed by atoms with Crippen molar-refractivity contribution in [3.8, 4) is 5.75 Å². The van der Waals surface area contributed by atoms with Crippen LogP contribution < -0.4 is 10.1 Å². The Bertz CT molecular complexity index is 786. The standard InChI is InChI=1S/C17H15ClN2O2S/c18-12-4-3-5-13(10-12)22-11-16(21)19-9-8-17-20-14-6-1-2-7-15(14)23-17/h1-7,10H,8-9,11H2,(H,19,21). The Hall–Kier alpha value is -2.11. The molecule has 0 aliphatic heterocycles. The highest BCUT2D eigenvalue weighted by atomic mass is 35.5. The van der Waals surface area contributed by atoms with E-state index in [-0.39, 0.29) is 12.5 Å². The van der Waals surface area contributed by atoms with E-state index < -0.39 is 0 Å². The monoisotopic (exact) mass is 346 g/mol. The number of para-hydroxylation sites is 1. The zero-order valence-electron chi connectivity index (χ0n) is 12.3. The van der Waals surface area contributed by atoms with Crippen LogP contribution in [0.25, 0.3) is 10.2 Å². The lowest BCUT2D eigenvalue weighted by molar-refractivity contribution is -0.123. The molecule has 1 heterocycles. The summed E-state index contributed by atoms with van der Waals surface area (Å²) in [6.45, 7) is 0.512. The Balaban J connectivity index is 1.44. The van der Waals surface area contributed by atoms with Gasteiger partial charge in [0.1, 0.15) is 5.75 Å². The maximum atomic E-state index is 11.8. The van der Waals surface area contributed by atoms with Crippen LogP contribution in [0.2, 0.25) is 5.02 Å². The molecule has 0 atom stereocenters. The van der Waals surface area contributed by atoms with Gasteiger partial charge in [-0.05, 0) is 30.3 Å². The van der Waals surface area contributed by atoms with E-state index in [1.165, 1.54) is 0 Å². The summed E-state index contributed by atoms with van der Waals surface area (Å²) in [7, 11) is 0. The molecule has 3 rings (SSSR count). The number of aromatic nitrogens is 1. The van der Waals surface area contributed by atoms with Gasteiger partial charge in [0, 0.05) is 18.0 Å². The van der Waals surface area contributed by atoms with Crippen LogP contribution in [0.3, 0.4) is 0 Å². The van der Waals surface area contributed by atoms with E-state index in [0.717, 1.165) is 15.2 Å². The van der Waals surface area contributed by atoms with Crippen LogP contribution in [0.4, 0.5) is 0 Å². The molecule has 0 unspecified atom stereocenters. The van der Waals surface area contributed by atoms with Gasteiger partial charge < -0.3 is 10.1 Å². The van der Waals surface area contributed by atoms with Crippen molar-refractivity contribution in [2.45, 2.75) is 6.42 Å².